The Labute approximate surface area is 206 Å². The number of nitrogens with zero attached hydrogens (tertiary/aromatic N) is 2. The number of rotatable bonds is 9. The summed E-state index contributed by atoms with van der Waals surface area (Å²) in [6, 6.07) is 8.63. The van der Waals surface area contributed by atoms with Crippen LogP contribution in [0.15, 0.2) is 43.0 Å². The fourth-order valence-corrected chi connectivity index (χ4v) is 3.52. The Bertz CT molecular complexity index is 889. The molecule has 0 spiro atoms. The van der Waals surface area contributed by atoms with E-state index in [1.807, 2.05) is 18.2 Å². The van der Waals surface area contributed by atoms with Crippen LogP contribution in [0.4, 0.5) is 0 Å². The minimum absolute atomic E-state index is 0.0337. The molecule has 1 saturated heterocycles. The van der Waals surface area contributed by atoms with Crippen molar-refractivity contribution in [2.24, 2.45) is 0 Å². The minimum atomic E-state index is -0.997. The van der Waals surface area contributed by atoms with Gasteiger partial charge in [0.05, 0.1) is 13.7 Å². The zero-order valence-corrected chi connectivity index (χ0v) is 20.9. The molecule has 2 atom stereocenters. The van der Waals surface area contributed by atoms with Gasteiger partial charge in [0.15, 0.2) is 0 Å². The average Bonchev–Trinajstić information content (AvgIpc) is 3.35. The molecule has 1 fully saturated rings. The van der Waals surface area contributed by atoms with Crippen molar-refractivity contribution in [3.8, 4) is 0 Å². The van der Waals surface area contributed by atoms with Crippen LogP contribution >= 0.6 is 0 Å². The molecule has 0 aromatic heterocycles. The largest absolute Gasteiger partial charge is 0.467 e. The van der Waals surface area contributed by atoms with Gasteiger partial charge in [-0.2, -0.15) is 0 Å². The molecule has 1 aromatic rings. The molecule has 0 bridgehead atoms. The lowest BCUT2D eigenvalue weighted by Crippen LogP contribution is -2.50. The molecule has 2 unspecified atom stereocenters. The first-order valence-corrected chi connectivity index (χ1v) is 11.4. The molecule has 1 aliphatic rings. The maximum atomic E-state index is 12.6. The predicted octanol–water partition coefficient (Wildman–Crippen LogP) is 0.801. The summed E-state index contributed by atoms with van der Waals surface area (Å²) in [7, 11) is 4.11. The van der Waals surface area contributed by atoms with E-state index in [1.54, 1.807) is 0 Å². The van der Waals surface area contributed by atoms with Gasteiger partial charge in [0, 0.05) is 27.1 Å². The van der Waals surface area contributed by atoms with E-state index in [2.05, 4.69) is 41.0 Å². The molecule has 0 saturated carbocycles. The number of ether oxygens (including phenoxy) is 1. The third-order valence-corrected chi connectivity index (χ3v) is 5.45. The normalized spacial score (nSPS) is 15.1. The molecular formula is C25H36N4O6. The zero-order valence-electron chi connectivity index (χ0n) is 20.9. The molecular weight excluding hydrogens is 452 g/mol. The number of likely N-dealkylation sites (tertiary alicyclic amines) is 1. The van der Waals surface area contributed by atoms with Crippen LogP contribution in [-0.4, -0.2) is 85.8 Å². The standard InChI is InChI=1S/C18H28N4O6.C7H8/c1-5-16(25)22-10-6-7-13(22)17(26)21(3)11-15(24)20-12(18(27)28-4)8-9-14(23)19-2;1-7-5-3-2-4-6-7/h5,12-13H,1,6-11H2,2-4H3,(H,19,23)(H,20,24);2-6H,1H3. The van der Waals surface area contributed by atoms with Gasteiger partial charge < -0.3 is 25.2 Å². The second kappa shape index (κ2) is 15.3. The molecule has 1 aromatic carbocycles. The molecule has 4 amide bonds. The van der Waals surface area contributed by atoms with Crippen molar-refractivity contribution in [2.45, 2.75) is 44.7 Å². The van der Waals surface area contributed by atoms with Crippen LogP contribution in [0.5, 0.6) is 0 Å². The van der Waals surface area contributed by atoms with Gasteiger partial charge in [-0.1, -0.05) is 42.5 Å². The first kappa shape index (κ1) is 29.3. The Morgan fingerprint density at radius 2 is 1.86 bits per heavy atom. The third-order valence-electron chi connectivity index (χ3n) is 5.45. The molecule has 0 aliphatic carbocycles. The molecule has 10 heteroatoms. The smallest absolute Gasteiger partial charge is 0.328 e. The average molecular weight is 489 g/mol. The van der Waals surface area contributed by atoms with Crippen LogP contribution in [0.25, 0.3) is 0 Å². The first-order chi connectivity index (χ1) is 16.6. The maximum absolute atomic E-state index is 12.6. The van der Waals surface area contributed by atoms with E-state index in [-0.39, 0.29) is 37.1 Å². The molecule has 1 heterocycles. The number of benzene rings is 1. The fraction of sp³-hybridized carbons (Fsp3) is 0.480. The van der Waals surface area contributed by atoms with E-state index in [1.165, 1.54) is 36.6 Å². The van der Waals surface area contributed by atoms with Crippen LogP contribution in [0, 0.1) is 6.92 Å². The summed E-state index contributed by atoms with van der Waals surface area (Å²) < 4.78 is 4.65. The van der Waals surface area contributed by atoms with Gasteiger partial charge in [0.1, 0.15) is 12.1 Å². The monoisotopic (exact) mass is 488 g/mol. The Kier molecular flexibility index (Phi) is 12.8. The van der Waals surface area contributed by atoms with Crippen LogP contribution in [0.2, 0.25) is 0 Å². The second-order valence-corrected chi connectivity index (χ2v) is 8.10. The highest BCUT2D eigenvalue weighted by molar-refractivity contribution is 5.94. The lowest BCUT2D eigenvalue weighted by Gasteiger charge is -2.27. The van der Waals surface area contributed by atoms with Gasteiger partial charge in [-0.05, 0) is 32.3 Å². The molecule has 2 N–H and O–H groups in total. The summed E-state index contributed by atoms with van der Waals surface area (Å²) >= 11 is 0. The fourth-order valence-electron chi connectivity index (χ4n) is 3.52. The number of esters is 1. The molecule has 35 heavy (non-hydrogen) atoms. The number of hydrogen-bond donors (Lipinski definition) is 2. The van der Waals surface area contributed by atoms with Gasteiger partial charge in [0.2, 0.25) is 23.6 Å². The number of methoxy groups -OCH3 is 1. The van der Waals surface area contributed by atoms with Gasteiger partial charge in [-0.3, -0.25) is 19.2 Å². The highest BCUT2D eigenvalue weighted by atomic mass is 16.5. The van der Waals surface area contributed by atoms with Crippen molar-refractivity contribution in [2.75, 3.05) is 34.3 Å². The molecule has 0 radical (unpaired) electrons. The molecule has 1 aliphatic heterocycles. The Balaban J connectivity index is 0.000000744. The van der Waals surface area contributed by atoms with Crippen molar-refractivity contribution in [1.29, 1.82) is 0 Å². The van der Waals surface area contributed by atoms with E-state index < -0.39 is 24.0 Å². The number of amides is 4. The van der Waals surface area contributed by atoms with Crippen molar-refractivity contribution < 1.29 is 28.7 Å². The third kappa shape index (κ3) is 9.99. The van der Waals surface area contributed by atoms with E-state index >= 15 is 0 Å². The number of hydrogen-bond acceptors (Lipinski definition) is 6. The summed E-state index contributed by atoms with van der Waals surface area (Å²) in [6.45, 7) is 5.69. The van der Waals surface area contributed by atoms with Gasteiger partial charge in [-0.15, -0.1) is 0 Å². The maximum Gasteiger partial charge on any atom is 0.328 e. The Morgan fingerprint density at radius 1 is 1.20 bits per heavy atom. The van der Waals surface area contributed by atoms with Crippen LogP contribution in [0.1, 0.15) is 31.2 Å². The van der Waals surface area contributed by atoms with Gasteiger partial charge >= 0.3 is 5.97 Å². The molecule has 10 nitrogen and oxygen atoms in total. The number of likely N-dealkylation sites (N-methyl/N-ethyl adjacent to an activating group) is 1. The first-order valence-electron chi connectivity index (χ1n) is 11.4. The highest BCUT2D eigenvalue weighted by Gasteiger charge is 2.35. The van der Waals surface area contributed by atoms with Gasteiger partial charge in [-0.25, -0.2) is 4.79 Å². The van der Waals surface area contributed by atoms with Crippen molar-refractivity contribution in [3.63, 3.8) is 0 Å². The molecule has 192 valence electrons. The number of aryl methyl sites for hydroxylation is 1. The van der Waals surface area contributed by atoms with E-state index in [0.717, 1.165) is 6.08 Å². The lowest BCUT2D eigenvalue weighted by atomic mass is 10.1. The number of carbonyl (C=O) groups excluding carboxylic acids is 5. The van der Waals surface area contributed by atoms with Crippen LogP contribution in [-0.2, 0) is 28.7 Å². The SMILES string of the molecule is C=CC(=O)N1CCCC1C(=O)N(C)CC(=O)NC(CCC(=O)NC)C(=O)OC.Cc1ccccc1. The minimum Gasteiger partial charge on any atom is -0.467 e. The second-order valence-electron chi connectivity index (χ2n) is 8.10. The van der Waals surface area contributed by atoms with Crippen molar-refractivity contribution >= 4 is 29.6 Å². The Morgan fingerprint density at radius 3 is 2.37 bits per heavy atom. The van der Waals surface area contributed by atoms with Crippen LogP contribution in [0.3, 0.4) is 0 Å². The van der Waals surface area contributed by atoms with Crippen LogP contribution < -0.4 is 10.6 Å². The van der Waals surface area contributed by atoms with Gasteiger partial charge in [0.25, 0.3) is 0 Å². The van der Waals surface area contributed by atoms with E-state index in [4.69, 9.17) is 0 Å². The summed E-state index contributed by atoms with van der Waals surface area (Å²) in [5.41, 5.74) is 1.32. The number of nitrogens with one attached hydrogen (secondary N) is 2. The zero-order chi connectivity index (χ0) is 26.4. The van der Waals surface area contributed by atoms with E-state index in [9.17, 15) is 24.0 Å². The predicted molar refractivity (Wildman–Crippen MR) is 131 cm³/mol. The summed E-state index contributed by atoms with van der Waals surface area (Å²) in [4.78, 5) is 62.6. The number of carbonyl (C=O) groups is 5. The summed E-state index contributed by atoms with van der Waals surface area (Å²) in [6.07, 6.45) is 2.47. The molecule has 2 rings (SSSR count). The lowest BCUT2D eigenvalue weighted by molar-refractivity contribution is -0.146. The van der Waals surface area contributed by atoms with E-state index in [0.29, 0.717) is 19.4 Å². The highest BCUT2D eigenvalue weighted by Crippen LogP contribution is 2.19. The van der Waals surface area contributed by atoms with Crippen molar-refractivity contribution in [3.05, 3.63) is 48.6 Å². The summed E-state index contributed by atoms with van der Waals surface area (Å²) in [5.74, 6) is -2.20. The Hall–Kier alpha value is -3.69. The van der Waals surface area contributed by atoms with Crippen molar-refractivity contribution in [1.82, 2.24) is 20.4 Å². The summed E-state index contributed by atoms with van der Waals surface area (Å²) in [5, 5.41) is 4.92. The quantitative estimate of drug-likeness (QED) is 0.391. The topological polar surface area (TPSA) is 125 Å².